The molecule has 0 radical (unpaired) electrons. The Bertz CT molecular complexity index is 434. The smallest absolute Gasteiger partial charge is 0.310 e. The molecule has 108 valence electrons. The molecule has 0 saturated carbocycles. The SMILES string of the molecule is C=CC(C)CC/C=C/C(C)OC(=O)Cc1ccccc1. The highest BCUT2D eigenvalue weighted by atomic mass is 16.5. The van der Waals surface area contributed by atoms with Crippen molar-refractivity contribution in [1.29, 1.82) is 0 Å². The minimum atomic E-state index is -0.187. The van der Waals surface area contributed by atoms with Gasteiger partial charge in [-0.05, 0) is 37.3 Å². The fourth-order valence-corrected chi connectivity index (χ4v) is 1.82. The highest BCUT2D eigenvalue weighted by Crippen LogP contribution is 2.08. The molecular weight excluding hydrogens is 248 g/mol. The molecule has 0 spiro atoms. The number of ether oxygens (including phenoxy) is 1. The molecule has 1 aromatic rings. The van der Waals surface area contributed by atoms with Crippen LogP contribution in [-0.2, 0) is 16.0 Å². The van der Waals surface area contributed by atoms with Gasteiger partial charge in [0, 0.05) is 0 Å². The quantitative estimate of drug-likeness (QED) is 0.520. The van der Waals surface area contributed by atoms with E-state index in [2.05, 4.69) is 19.6 Å². The maximum atomic E-state index is 11.7. The maximum absolute atomic E-state index is 11.7. The Hall–Kier alpha value is -1.83. The number of carbonyl (C=O) groups excluding carboxylic acids is 1. The van der Waals surface area contributed by atoms with Crippen LogP contribution < -0.4 is 0 Å². The lowest BCUT2D eigenvalue weighted by atomic mass is 10.1. The molecule has 1 aromatic carbocycles. The van der Waals surface area contributed by atoms with Crippen LogP contribution in [0.2, 0.25) is 0 Å². The monoisotopic (exact) mass is 272 g/mol. The zero-order valence-corrected chi connectivity index (χ0v) is 12.4. The molecule has 0 aromatic heterocycles. The lowest BCUT2D eigenvalue weighted by Gasteiger charge is -2.09. The Balaban J connectivity index is 2.27. The van der Waals surface area contributed by atoms with Crippen LogP contribution in [0.25, 0.3) is 0 Å². The second-order valence-electron chi connectivity index (χ2n) is 5.08. The Morgan fingerprint density at radius 1 is 1.30 bits per heavy atom. The van der Waals surface area contributed by atoms with Crippen LogP contribution in [0.4, 0.5) is 0 Å². The molecule has 2 nitrogen and oxygen atoms in total. The van der Waals surface area contributed by atoms with E-state index in [9.17, 15) is 4.79 Å². The van der Waals surface area contributed by atoms with Crippen molar-refractivity contribution in [3.8, 4) is 0 Å². The Kier molecular flexibility index (Phi) is 7.41. The second-order valence-corrected chi connectivity index (χ2v) is 5.08. The molecule has 0 bridgehead atoms. The van der Waals surface area contributed by atoms with E-state index in [1.54, 1.807) is 0 Å². The lowest BCUT2D eigenvalue weighted by Crippen LogP contribution is -2.14. The fraction of sp³-hybridized carbons (Fsp3) is 0.389. The molecule has 1 rings (SSSR count). The summed E-state index contributed by atoms with van der Waals surface area (Å²) in [5.74, 6) is 0.336. The van der Waals surface area contributed by atoms with Crippen LogP contribution in [0.5, 0.6) is 0 Å². The number of rotatable bonds is 8. The minimum Gasteiger partial charge on any atom is -0.458 e. The van der Waals surface area contributed by atoms with Crippen molar-refractivity contribution < 1.29 is 9.53 Å². The van der Waals surface area contributed by atoms with Crippen molar-refractivity contribution in [2.24, 2.45) is 5.92 Å². The molecule has 0 fully saturated rings. The largest absolute Gasteiger partial charge is 0.458 e. The minimum absolute atomic E-state index is 0.176. The zero-order valence-electron chi connectivity index (χ0n) is 12.4. The van der Waals surface area contributed by atoms with Crippen LogP contribution in [0.15, 0.2) is 55.1 Å². The molecule has 2 unspecified atom stereocenters. The topological polar surface area (TPSA) is 26.3 Å². The van der Waals surface area contributed by atoms with Gasteiger partial charge < -0.3 is 4.74 Å². The third-order valence-corrected chi connectivity index (χ3v) is 3.11. The van der Waals surface area contributed by atoms with Gasteiger partial charge in [-0.15, -0.1) is 6.58 Å². The van der Waals surface area contributed by atoms with Gasteiger partial charge in [0.25, 0.3) is 0 Å². The van der Waals surface area contributed by atoms with E-state index in [0.29, 0.717) is 12.3 Å². The first-order valence-corrected chi connectivity index (χ1v) is 7.14. The average molecular weight is 272 g/mol. The van der Waals surface area contributed by atoms with Gasteiger partial charge in [0.2, 0.25) is 0 Å². The molecule has 2 heteroatoms. The number of hydrogen-bond donors (Lipinski definition) is 0. The van der Waals surface area contributed by atoms with Gasteiger partial charge in [-0.3, -0.25) is 4.79 Å². The van der Waals surface area contributed by atoms with Crippen LogP contribution >= 0.6 is 0 Å². The summed E-state index contributed by atoms with van der Waals surface area (Å²) in [7, 11) is 0. The van der Waals surface area contributed by atoms with E-state index in [-0.39, 0.29) is 12.1 Å². The number of esters is 1. The van der Waals surface area contributed by atoms with E-state index in [1.165, 1.54) is 0 Å². The summed E-state index contributed by atoms with van der Waals surface area (Å²) in [6, 6.07) is 9.64. The Morgan fingerprint density at radius 3 is 2.65 bits per heavy atom. The van der Waals surface area contributed by atoms with Crippen LogP contribution in [-0.4, -0.2) is 12.1 Å². The molecule has 0 aliphatic heterocycles. The Morgan fingerprint density at radius 2 is 2.00 bits per heavy atom. The highest BCUT2D eigenvalue weighted by molar-refractivity contribution is 5.72. The van der Waals surface area contributed by atoms with Crippen LogP contribution in [0, 0.1) is 5.92 Å². The number of hydrogen-bond acceptors (Lipinski definition) is 2. The van der Waals surface area contributed by atoms with Gasteiger partial charge in [0.15, 0.2) is 0 Å². The van der Waals surface area contributed by atoms with Gasteiger partial charge in [-0.1, -0.05) is 49.4 Å². The molecule has 2 atom stereocenters. The van der Waals surface area contributed by atoms with E-state index >= 15 is 0 Å². The summed E-state index contributed by atoms with van der Waals surface area (Å²) >= 11 is 0. The second kappa shape index (κ2) is 9.13. The van der Waals surface area contributed by atoms with E-state index in [4.69, 9.17) is 4.74 Å². The molecule has 0 aliphatic rings. The predicted molar refractivity (Wildman–Crippen MR) is 83.4 cm³/mol. The molecule has 20 heavy (non-hydrogen) atoms. The van der Waals surface area contributed by atoms with E-state index in [1.807, 2.05) is 49.4 Å². The van der Waals surface area contributed by atoms with Crippen molar-refractivity contribution in [2.75, 3.05) is 0 Å². The summed E-state index contributed by atoms with van der Waals surface area (Å²) in [5.41, 5.74) is 0.980. The average Bonchev–Trinajstić information content (AvgIpc) is 2.44. The van der Waals surface area contributed by atoms with E-state index < -0.39 is 0 Å². The number of allylic oxidation sites excluding steroid dienone is 2. The first kappa shape index (κ1) is 16.2. The van der Waals surface area contributed by atoms with Gasteiger partial charge in [0.05, 0.1) is 6.42 Å². The molecule has 0 N–H and O–H groups in total. The first-order chi connectivity index (χ1) is 9.61. The maximum Gasteiger partial charge on any atom is 0.310 e. The molecule has 0 heterocycles. The summed E-state index contributed by atoms with van der Waals surface area (Å²) < 4.78 is 5.34. The number of carbonyl (C=O) groups is 1. The summed E-state index contributed by atoms with van der Waals surface area (Å²) in [6.07, 6.45) is 8.17. The fourth-order valence-electron chi connectivity index (χ4n) is 1.82. The van der Waals surface area contributed by atoms with E-state index in [0.717, 1.165) is 18.4 Å². The first-order valence-electron chi connectivity index (χ1n) is 7.14. The number of benzene rings is 1. The van der Waals surface area contributed by atoms with Crippen LogP contribution in [0.1, 0.15) is 32.3 Å². The predicted octanol–water partition coefficient (Wildman–Crippen LogP) is 4.32. The van der Waals surface area contributed by atoms with Gasteiger partial charge in [-0.25, -0.2) is 0 Å². The van der Waals surface area contributed by atoms with Crippen molar-refractivity contribution in [3.05, 3.63) is 60.7 Å². The molecular formula is C18H24O2. The van der Waals surface area contributed by atoms with Gasteiger partial charge in [-0.2, -0.15) is 0 Å². The Labute approximate surface area is 122 Å². The standard InChI is InChI=1S/C18H24O2/c1-4-15(2)10-8-9-11-16(3)20-18(19)14-17-12-6-5-7-13-17/h4-7,9,11-13,15-16H,1,8,10,14H2,2-3H3/b11-9+. The highest BCUT2D eigenvalue weighted by Gasteiger charge is 2.07. The summed E-state index contributed by atoms with van der Waals surface area (Å²) in [5, 5.41) is 0. The van der Waals surface area contributed by atoms with Crippen molar-refractivity contribution in [3.63, 3.8) is 0 Å². The van der Waals surface area contributed by atoms with Crippen molar-refractivity contribution in [1.82, 2.24) is 0 Å². The third-order valence-electron chi connectivity index (χ3n) is 3.11. The van der Waals surface area contributed by atoms with Crippen molar-refractivity contribution >= 4 is 5.97 Å². The van der Waals surface area contributed by atoms with Gasteiger partial charge >= 0.3 is 5.97 Å². The molecule has 0 saturated heterocycles. The summed E-state index contributed by atoms with van der Waals surface area (Å²) in [4.78, 5) is 11.7. The zero-order chi connectivity index (χ0) is 14.8. The molecule has 0 amide bonds. The molecule has 0 aliphatic carbocycles. The third kappa shape index (κ3) is 6.93. The van der Waals surface area contributed by atoms with Gasteiger partial charge in [0.1, 0.15) is 6.10 Å². The normalized spacial score (nSPS) is 13.9. The lowest BCUT2D eigenvalue weighted by molar-refractivity contribution is -0.145. The summed E-state index contributed by atoms with van der Waals surface area (Å²) in [6.45, 7) is 7.79. The van der Waals surface area contributed by atoms with Crippen LogP contribution in [0.3, 0.4) is 0 Å². The van der Waals surface area contributed by atoms with Crippen molar-refractivity contribution in [2.45, 2.75) is 39.2 Å².